The minimum absolute atomic E-state index is 0.241. The van der Waals surface area contributed by atoms with Crippen LogP contribution in [0.3, 0.4) is 0 Å². The van der Waals surface area contributed by atoms with E-state index in [4.69, 9.17) is 4.42 Å². The summed E-state index contributed by atoms with van der Waals surface area (Å²) >= 11 is 3.51. The van der Waals surface area contributed by atoms with Crippen molar-refractivity contribution in [2.75, 3.05) is 0 Å². The minimum atomic E-state index is -0.241. The maximum atomic E-state index is 12.3. The Hall–Kier alpha value is -2.35. The molecule has 3 heterocycles. The van der Waals surface area contributed by atoms with Crippen LogP contribution in [-0.2, 0) is 19.6 Å². The lowest BCUT2D eigenvalue weighted by atomic mass is 10.2. The van der Waals surface area contributed by atoms with Crippen LogP contribution in [-0.4, -0.2) is 25.5 Å². The summed E-state index contributed by atoms with van der Waals surface area (Å²) in [6.45, 7) is 9.67. The molecule has 1 amide bonds. The van der Waals surface area contributed by atoms with Crippen molar-refractivity contribution < 1.29 is 9.21 Å². The summed E-state index contributed by atoms with van der Waals surface area (Å²) in [5.41, 5.74) is 4.01. The van der Waals surface area contributed by atoms with Gasteiger partial charge in [-0.15, -0.1) is 0 Å². The summed E-state index contributed by atoms with van der Waals surface area (Å²) in [4.78, 5) is 12.3. The van der Waals surface area contributed by atoms with Gasteiger partial charge in [0.15, 0.2) is 5.76 Å². The number of halogens is 1. The van der Waals surface area contributed by atoms with E-state index < -0.39 is 0 Å². The third-order valence-corrected chi connectivity index (χ3v) is 5.58. The van der Waals surface area contributed by atoms with Gasteiger partial charge in [0.05, 0.1) is 28.6 Å². The van der Waals surface area contributed by atoms with E-state index in [9.17, 15) is 4.79 Å². The van der Waals surface area contributed by atoms with Crippen LogP contribution in [0.5, 0.6) is 0 Å². The van der Waals surface area contributed by atoms with E-state index in [2.05, 4.69) is 31.4 Å². The highest BCUT2D eigenvalue weighted by Gasteiger charge is 2.15. The topological polar surface area (TPSA) is 77.9 Å². The van der Waals surface area contributed by atoms with Crippen LogP contribution in [0, 0.1) is 20.8 Å². The molecule has 0 saturated heterocycles. The van der Waals surface area contributed by atoms with E-state index in [0.29, 0.717) is 24.6 Å². The molecule has 0 spiro atoms. The molecule has 0 saturated carbocycles. The number of aromatic nitrogens is 4. The molecule has 0 aliphatic heterocycles. The van der Waals surface area contributed by atoms with Crippen molar-refractivity contribution in [2.24, 2.45) is 0 Å². The number of hydrogen-bond acceptors (Lipinski definition) is 4. The second kappa shape index (κ2) is 7.49. The van der Waals surface area contributed by atoms with Gasteiger partial charge in [0, 0.05) is 24.3 Å². The number of carbonyl (C=O) groups is 1. The SMILES string of the molecule is CCn1ncc(CNC(=O)c2ccc(Cn3nc(C)c(Br)c3C)o2)c1C. The van der Waals surface area contributed by atoms with Crippen LogP contribution < -0.4 is 5.32 Å². The van der Waals surface area contributed by atoms with Gasteiger partial charge in [0.2, 0.25) is 0 Å². The fraction of sp³-hybridized carbons (Fsp3) is 0.389. The standard InChI is InChI=1S/C18H22BrN5O2/c1-5-23-12(3)14(9-21-23)8-20-18(25)16-7-6-15(26-16)10-24-13(4)17(19)11(2)22-24/h6-7,9H,5,8,10H2,1-4H3,(H,20,25). The van der Waals surface area contributed by atoms with Gasteiger partial charge in [-0.25, -0.2) is 0 Å². The van der Waals surface area contributed by atoms with Crippen molar-refractivity contribution in [2.45, 2.75) is 47.3 Å². The number of aryl methyl sites for hydroxylation is 2. The van der Waals surface area contributed by atoms with Gasteiger partial charge < -0.3 is 9.73 Å². The highest BCUT2D eigenvalue weighted by Crippen LogP contribution is 2.21. The molecule has 7 nitrogen and oxygen atoms in total. The largest absolute Gasteiger partial charge is 0.454 e. The van der Waals surface area contributed by atoms with E-state index in [1.165, 1.54) is 0 Å². The molecule has 138 valence electrons. The predicted octanol–water partition coefficient (Wildman–Crippen LogP) is 3.36. The first kappa shape index (κ1) is 18.4. The molecule has 3 aromatic heterocycles. The van der Waals surface area contributed by atoms with Crippen LogP contribution in [0.4, 0.5) is 0 Å². The molecule has 26 heavy (non-hydrogen) atoms. The van der Waals surface area contributed by atoms with Gasteiger partial charge >= 0.3 is 0 Å². The number of rotatable bonds is 6. The van der Waals surface area contributed by atoms with E-state index in [0.717, 1.165) is 33.7 Å². The first-order valence-corrected chi connectivity index (χ1v) is 9.27. The first-order chi connectivity index (χ1) is 12.4. The molecule has 3 aromatic rings. The maximum absolute atomic E-state index is 12.3. The highest BCUT2D eigenvalue weighted by molar-refractivity contribution is 9.10. The summed E-state index contributed by atoms with van der Waals surface area (Å²) in [7, 11) is 0. The molecular formula is C18H22BrN5O2. The molecule has 0 unspecified atom stereocenters. The highest BCUT2D eigenvalue weighted by atomic mass is 79.9. The van der Waals surface area contributed by atoms with Crippen LogP contribution in [0.25, 0.3) is 0 Å². The number of hydrogen-bond donors (Lipinski definition) is 1. The van der Waals surface area contributed by atoms with Gasteiger partial charge in [0.1, 0.15) is 5.76 Å². The number of amides is 1. The van der Waals surface area contributed by atoms with Crippen LogP contribution in [0.2, 0.25) is 0 Å². The minimum Gasteiger partial charge on any atom is -0.454 e. The second-order valence-electron chi connectivity index (χ2n) is 6.16. The molecule has 0 fully saturated rings. The van der Waals surface area contributed by atoms with Crippen LogP contribution in [0.1, 0.15) is 45.9 Å². The van der Waals surface area contributed by atoms with Crippen LogP contribution >= 0.6 is 15.9 Å². The monoisotopic (exact) mass is 419 g/mol. The van der Waals surface area contributed by atoms with Crippen molar-refractivity contribution in [3.63, 3.8) is 0 Å². The summed E-state index contributed by atoms with van der Waals surface area (Å²) in [5.74, 6) is 0.735. The van der Waals surface area contributed by atoms with E-state index in [1.807, 2.05) is 37.1 Å². The van der Waals surface area contributed by atoms with Crippen molar-refractivity contribution in [1.29, 1.82) is 0 Å². The average Bonchev–Trinajstić information content (AvgIpc) is 3.29. The third kappa shape index (κ3) is 3.60. The molecule has 0 radical (unpaired) electrons. The molecule has 0 aliphatic carbocycles. The summed E-state index contributed by atoms with van der Waals surface area (Å²) in [6, 6.07) is 3.49. The third-order valence-electron chi connectivity index (χ3n) is 4.43. The molecule has 0 aromatic carbocycles. The quantitative estimate of drug-likeness (QED) is 0.664. The summed E-state index contributed by atoms with van der Waals surface area (Å²) in [6.07, 6.45) is 1.79. The van der Waals surface area contributed by atoms with Crippen LogP contribution in [0.15, 0.2) is 27.2 Å². The van der Waals surface area contributed by atoms with Gasteiger partial charge in [-0.05, 0) is 55.8 Å². The fourth-order valence-corrected chi connectivity index (χ4v) is 3.09. The van der Waals surface area contributed by atoms with Crippen molar-refractivity contribution in [3.8, 4) is 0 Å². The second-order valence-corrected chi connectivity index (χ2v) is 6.96. The smallest absolute Gasteiger partial charge is 0.287 e. The molecule has 0 bridgehead atoms. The Balaban J connectivity index is 1.64. The Morgan fingerprint density at radius 2 is 2.00 bits per heavy atom. The lowest BCUT2D eigenvalue weighted by Gasteiger charge is -2.04. The number of furan rings is 1. The number of carbonyl (C=O) groups excluding carboxylic acids is 1. The van der Waals surface area contributed by atoms with E-state index in [-0.39, 0.29) is 5.91 Å². The van der Waals surface area contributed by atoms with Gasteiger partial charge in [-0.2, -0.15) is 10.2 Å². The zero-order chi connectivity index (χ0) is 18.8. The fourth-order valence-electron chi connectivity index (χ4n) is 2.80. The van der Waals surface area contributed by atoms with Gasteiger partial charge in [-0.3, -0.25) is 14.2 Å². The molecule has 8 heteroatoms. The average molecular weight is 420 g/mol. The molecule has 0 atom stereocenters. The summed E-state index contributed by atoms with van der Waals surface area (Å²) in [5, 5.41) is 11.6. The Labute approximate surface area is 160 Å². The predicted molar refractivity (Wildman–Crippen MR) is 101 cm³/mol. The van der Waals surface area contributed by atoms with Gasteiger partial charge in [0.25, 0.3) is 5.91 Å². The van der Waals surface area contributed by atoms with E-state index in [1.54, 1.807) is 18.3 Å². The Bertz CT molecular complexity index is 938. The number of nitrogens with one attached hydrogen (secondary N) is 1. The van der Waals surface area contributed by atoms with Crippen molar-refractivity contribution in [1.82, 2.24) is 24.9 Å². The zero-order valence-electron chi connectivity index (χ0n) is 15.3. The van der Waals surface area contributed by atoms with Crippen molar-refractivity contribution in [3.05, 3.63) is 57.0 Å². The first-order valence-electron chi connectivity index (χ1n) is 8.48. The maximum Gasteiger partial charge on any atom is 0.287 e. The lowest BCUT2D eigenvalue weighted by molar-refractivity contribution is 0.0921. The molecule has 1 N–H and O–H groups in total. The Morgan fingerprint density at radius 3 is 2.62 bits per heavy atom. The molecular weight excluding hydrogens is 398 g/mol. The zero-order valence-corrected chi connectivity index (χ0v) is 16.9. The van der Waals surface area contributed by atoms with E-state index >= 15 is 0 Å². The van der Waals surface area contributed by atoms with Crippen molar-refractivity contribution >= 4 is 21.8 Å². The number of nitrogens with zero attached hydrogens (tertiary/aromatic N) is 4. The Morgan fingerprint density at radius 1 is 1.23 bits per heavy atom. The van der Waals surface area contributed by atoms with Gasteiger partial charge in [-0.1, -0.05) is 0 Å². The Kier molecular flexibility index (Phi) is 5.31. The summed E-state index contributed by atoms with van der Waals surface area (Å²) < 4.78 is 10.4. The molecule has 3 rings (SSSR count). The lowest BCUT2D eigenvalue weighted by Crippen LogP contribution is -2.22. The molecule has 0 aliphatic rings. The normalized spacial score (nSPS) is 11.1.